The first kappa shape index (κ1) is 17.5. The van der Waals surface area contributed by atoms with Gasteiger partial charge in [-0.25, -0.2) is 0 Å². The van der Waals surface area contributed by atoms with Gasteiger partial charge in [-0.05, 0) is 29.7 Å². The van der Waals surface area contributed by atoms with Crippen molar-refractivity contribution in [3.63, 3.8) is 0 Å². The average molecular weight is 338 g/mol. The minimum Gasteiger partial charge on any atom is -0.387 e. The Labute approximate surface area is 147 Å². The van der Waals surface area contributed by atoms with Crippen LogP contribution in [0.25, 0.3) is 0 Å². The lowest BCUT2D eigenvalue weighted by atomic mass is 9.91. The highest BCUT2D eigenvalue weighted by atomic mass is 16.5. The number of aliphatic hydroxyl groups is 1. The Morgan fingerprint density at radius 2 is 1.40 bits per heavy atom. The molecule has 0 aromatic heterocycles. The molecule has 0 amide bonds. The molecule has 3 rings (SSSR count). The van der Waals surface area contributed by atoms with Crippen LogP contribution in [0, 0.1) is 0 Å². The third-order valence-electron chi connectivity index (χ3n) is 4.27. The van der Waals surface area contributed by atoms with Gasteiger partial charge in [0.05, 0.1) is 13.2 Å². The molecule has 1 aliphatic carbocycles. The van der Waals surface area contributed by atoms with Crippen LogP contribution in [0.5, 0.6) is 0 Å². The monoisotopic (exact) mass is 338 g/mol. The number of benzene rings is 2. The van der Waals surface area contributed by atoms with Gasteiger partial charge in [-0.1, -0.05) is 60.7 Å². The molecular formula is C21H22O4. The average Bonchev–Trinajstić information content (AvgIpc) is 2.65. The molecule has 4 nitrogen and oxygen atoms in total. The molecule has 4 heteroatoms. The first-order chi connectivity index (χ1) is 12.1. The maximum Gasteiger partial charge on any atom is 0.189 e. The zero-order valence-electron chi connectivity index (χ0n) is 14.2. The molecule has 0 bridgehead atoms. The van der Waals surface area contributed by atoms with Crippen LogP contribution in [0.4, 0.5) is 0 Å². The standard InChI is InChI=1S/C21H22O4/c1-15-12-18(24-13-16-8-4-2-5-9-16)20(23)21(19(15)22)25-14-17-10-6-3-7-11-17/h2-12,18,20-21,23H,13-14H2,1H3/t18-,20+,21+/m1/s1. The first-order valence-corrected chi connectivity index (χ1v) is 8.37. The topological polar surface area (TPSA) is 55.8 Å². The minimum absolute atomic E-state index is 0.192. The Balaban J connectivity index is 1.65. The number of carbonyl (C=O) groups is 1. The van der Waals surface area contributed by atoms with E-state index >= 15 is 0 Å². The molecule has 0 unspecified atom stereocenters. The molecule has 0 radical (unpaired) electrons. The van der Waals surface area contributed by atoms with Crippen LogP contribution in [0.3, 0.4) is 0 Å². The molecule has 0 aliphatic heterocycles. The van der Waals surface area contributed by atoms with E-state index in [0.717, 1.165) is 11.1 Å². The fraction of sp³-hybridized carbons (Fsp3) is 0.286. The van der Waals surface area contributed by atoms with Gasteiger partial charge in [0, 0.05) is 0 Å². The number of ketones is 1. The van der Waals surface area contributed by atoms with E-state index in [2.05, 4.69) is 0 Å². The van der Waals surface area contributed by atoms with Crippen LogP contribution >= 0.6 is 0 Å². The summed E-state index contributed by atoms with van der Waals surface area (Å²) in [5.41, 5.74) is 2.53. The molecule has 2 aromatic rings. The van der Waals surface area contributed by atoms with Crippen molar-refractivity contribution in [3.8, 4) is 0 Å². The maximum atomic E-state index is 12.4. The van der Waals surface area contributed by atoms with Crippen molar-refractivity contribution in [1.29, 1.82) is 0 Å². The summed E-state index contributed by atoms with van der Waals surface area (Å²) in [4.78, 5) is 12.4. The predicted molar refractivity (Wildman–Crippen MR) is 94.8 cm³/mol. The maximum absolute atomic E-state index is 12.4. The van der Waals surface area contributed by atoms with E-state index < -0.39 is 18.3 Å². The zero-order chi connectivity index (χ0) is 17.6. The molecule has 3 atom stereocenters. The van der Waals surface area contributed by atoms with Crippen molar-refractivity contribution in [2.24, 2.45) is 0 Å². The van der Waals surface area contributed by atoms with Crippen molar-refractivity contribution in [1.82, 2.24) is 0 Å². The van der Waals surface area contributed by atoms with Gasteiger partial charge in [0.2, 0.25) is 0 Å². The van der Waals surface area contributed by atoms with Crippen LogP contribution in [-0.2, 0) is 27.5 Å². The van der Waals surface area contributed by atoms with Crippen LogP contribution in [0.1, 0.15) is 18.1 Å². The third-order valence-corrected chi connectivity index (χ3v) is 4.27. The Morgan fingerprint density at radius 1 is 0.880 bits per heavy atom. The number of carbonyl (C=O) groups excluding carboxylic acids is 1. The molecule has 130 valence electrons. The third kappa shape index (κ3) is 4.42. The number of aliphatic hydroxyl groups excluding tert-OH is 1. The normalized spacial score (nSPS) is 23.4. The predicted octanol–water partition coefficient (Wildman–Crippen LogP) is 3.05. The smallest absolute Gasteiger partial charge is 0.189 e. The zero-order valence-corrected chi connectivity index (χ0v) is 14.2. The Hall–Kier alpha value is -2.27. The van der Waals surface area contributed by atoms with Crippen molar-refractivity contribution in [3.05, 3.63) is 83.4 Å². The van der Waals surface area contributed by atoms with Gasteiger partial charge < -0.3 is 14.6 Å². The summed E-state index contributed by atoms with van der Waals surface area (Å²) < 4.78 is 11.5. The van der Waals surface area contributed by atoms with Gasteiger partial charge in [0.1, 0.15) is 18.3 Å². The van der Waals surface area contributed by atoms with Crippen molar-refractivity contribution in [2.45, 2.75) is 38.4 Å². The molecule has 0 saturated heterocycles. The molecule has 25 heavy (non-hydrogen) atoms. The second-order valence-corrected chi connectivity index (χ2v) is 6.18. The van der Waals surface area contributed by atoms with E-state index in [1.165, 1.54) is 0 Å². The lowest BCUT2D eigenvalue weighted by molar-refractivity contribution is -0.148. The molecule has 0 fully saturated rings. The van der Waals surface area contributed by atoms with Gasteiger partial charge >= 0.3 is 0 Å². The summed E-state index contributed by atoms with van der Waals surface area (Å²) in [6, 6.07) is 19.3. The highest BCUT2D eigenvalue weighted by Gasteiger charge is 2.38. The van der Waals surface area contributed by atoms with Crippen LogP contribution < -0.4 is 0 Å². The van der Waals surface area contributed by atoms with E-state index in [0.29, 0.717) is 12.2 Å². The summed E-state index contributed by atoms with van der Waals surface area (Å²) in [5, 5.41) is 10.6. The fourth-order valence-corrected chi connectivity index (χ4v) is 2.83. The Kier molecular flexibility index (Phi) is 5.76. The van der Waals surface area contributed by atoms with Gasteiger partial charge in [0.15, 0.2) is 5.78 Å². The quantitative estimate of drug-likeness (QED) is 0.879. The van der Waals surface area contributed by atoms with E-state index in [1.54, 1.807) is 13.0 Å². The number of ether oxygens (including phenoxy) is 2. The summed E-state index contributed by atoms with van der Waals surface area (Å²) in [6.45, 7) is 2.37. The van der Waals surface area contributed by atoms with E-state index in [1.807, 2.05) is 60.7 Å². The van der Waals surface area contributed by atoms with Gasteiger partial charge in [0.25, 0.3) is 0 Å². The van der Waals surface area contributed by atoms with Crippen LogP contribution in [0.2, 0.25) is 0 Å². The van der Waals surface area contributed by atoms with Crippen LogP contribution in [-0.4, -0.2) is 29.2 Å². The molecular weight excluding hydrogens is 316 g/mol. The highest BCUT2D eigenvalue weighted by molar-refractivity contribution is 5.99. The lowest BCUT2D eigenvalue weighted by Crippen LogP contribution is -2.48. The molecule has 0 heterocycles. The number of rotatable bonds is 6. The fourth-order valence-electron chi connectivity index (χ4n) is 2.83. The summed E-state index contributed by atoms with van der Waals surface area (Å²) >= 11 is 0. The molecule has 0 saturated carbocycles. The Morgan fingerprint density at radius 3 is 1.96 bits per heavy atom. The van der Waals surface area contributed by atoms with E-state index in [-0.39, 0.29) is 12.4 Å². The highest BCUT2D eigenvalue weighted by Crippen LogP contribution is 2.23. The van der Waals surface area contributed by atoms with E-state index in [4.69, 9.17) is 9.47 Å². The van der Waals surface area contributed by atoms with E-state index in [9.17, 15) is 9.90 Å². The number of hydrogen-bond donors (Lipinski definition) is 1. The molecule has 1 aliphatic rings. The first-order valence-electron chi connectivity index (χ1n) is 8.37. The largest absolute Gasteiger partial charge is 0.387 e. The van der Waals surface area contributed by atoms with Crippen molar-refractivity contribution < 1.29 is 19.4 Å². The summed E-state index contributed by atoms with van der Waals surface area (Å²) in [5.74, 6) is -0.192. The molecule has 1 N–H and O–H groups in total. The second kappa shape index (κ2) is 8.21. The van der Waals surface area contributed by atoms with Gasteiger partial charge in [-0.3, -0.25) is 4.79 Å². The van der Waals surface area contributed by atoms with Crippen molar-refractivity contribution in [2.75, 3.05) is 0 Å². The summed E-state index contributed by atoms with van der Waals surface area (Å²) in [6.07, 6.45) is -0.827. The molecule has 0 spiro atoms. The Bertz CT molecular complexity index is 724. The molecule has 2 aromatic carbocycles. The van der Waals surface area contributed by atoms with Gasteiger partial charge in [-0.15, -0.1) is 0 Å². The lowest BCUT2D eigenvalue weighted by Gasteiger charge is -2.32. The van der Waals surface area contributed by atoms with Gasteiger partial charge in [-0.2, -0.15) is 0 Å². The summed E-state index contributed by atoms with van der Waals surface area (Å²) in [7, 11) is 0. The second-order valence-electron chi connectivity index (χ2n) is 6.18. The van der Waals surface area contributed by atoms with Crippen molar-refractivity contribution >= 4 is 5.78 Å². The SMILES string of the molecule is CC1=C[C@@H](OCc2ccccc2)[C@H](O)[C@@H](OCc2ccccc2)C1=O. The minimum atomic E-state index is -1.02. The number of hydrogen-bond acceptors (Lipinski definition) is 4. The van der Waals surface area contributed by atoms with Crippen LogP contribution in [0.15, 0.2) is 72.3 Å². The number of Topliss-reactive ketones (excluding diaryl/α,β-unsaturated/α-hetero) is 1.